The van der Waals surface area contributed by atoms with Gasteiger partial charge < -0.3 is 23.9 Å². The van der Waals surface area contributed by atoms with Crippen LogP contribution in [0, 0.1) is 0 Å². The number of phosphoric acid groups is 1. The van der Waals surface area contributed by atoms with E-state index < -0.39 is 7.82 Å². The molecule has 4 nitrogen and oxygen atoms in total. The van der Waals surface area contributed by atoms with Gasteiger partial charge in [0, 0.05) is 0 Å². The summed E-state index contributed by atoms with van der Waals surface area (Å²) in [7, 11) is -5.14. The van der Waals surface area contributed by atoms with E-state index in [0.717, 1.165) is 0 Å². The molecule has 0 fully saturated rings. The fourth-order valence-electron chi connectivity index (χ4n) is 0. The van der Waals surface area contributed by atoms with Crippen LogP contribution in [0.2, 0.25) is 0 Å². The minimum absolute atomic E-state index is 0. The molecule has 0 aromatic carbocycles. The van der Waals surface area contributed by atoms with Crippen molar-refractivity contribution in [2.24, 2.45) is 0 Å². The summed E-state index contributed by atoms with van der Waals surface area (Å²) in [5, 5.41) is 0. The molecule has 8 heavy (non-hydrogen) atoms. The molecule has 0 heterocycles. The fraction of sp³-hybridized carbons (Fsp3) is 0. The Morgan fingerprint density at radius 3 is 1.38 bits per heavy atom. The molecule has 0 saturated heterocycles. The van der Waals surface area contributed by atoms with Crippen LogP contribution in [0.5, 0.6) is 0 Å². The zero-order valence-electron chi connectivity index (χ0n) is 4.20. The van der Waals surface area contributed by atoms with Crippen LogP contribution in [0.25, 0.3) is 0 Å². The Labute approximate surface area is 70.2 Å². The molecule has 0 atom stereocenters. The number of hydrogen-bond donors (Lipinski definition) is 1. The van der Waals surface area contributed by atoms with Crippen LogP contribution in [0.3, 0.4) is 0 Å². The molecule has 0 saturated carbocycles. The van der Waals surface area contributed by atoms with E-state index in [1.165, 1.54) is 0 Å². The Hall–Kier alpha value is 1.26. The van der Waals surface area contributed by atoms with Crippen molar-refractivity contribution in [3.63, 3.8) is 0 Å². The van der Waals surface area contributed by atoms with E-state index in [9.17, 15) is 0 Å². The largest absolute Gasteiger partial charge is 2.00 e. The molecule has 0 aliphatic carbocycles. The van der Waals surface area contributed by atoms with Crippen LogP contribution >= 0.6 is 7.82 Å². The third-order valence-corrected chi connectivity index (χ3v) is 0. The van der Waals surface area contributed by atoms with E-state index in [1.807, 2.05) is 0 Å². The average molecular weight is 187 g/mol. The van der Waals surface area contributed by atoms with Gasteiger partial charge in [0.05, 0.1) is 7.82 Å². The van der Waals surface area contributed by atoms with E-state index in [4.69, 9.17) is 19.2 Å². The Balaban J connectivity index is -0.0000000267. The Morgan fingerprint density at radius 1 is 1.38 bits per heavy atom. The van der Waals surface area contributed by atoms with Gasteiger partial charge in [0.15, 0.2) is 0 Å². The molecule has 0 aliphatic heterocycles. The molecule has 0 aromatic rings. The second kappa shape index (κ2) is 8.26. The molecule has 0 aliphatic rings. The van der Waals surface area contributed by atoms with Gasteiger partial charge in [0.25, 0.3) is 0 Å². The van der Waals surface area contributed by atoms with Crippen LogP contribution in [0.4, 0.5) is 0 Å². The molecule has 0 rings (SSSR count). The van der Waals surface area contributed by atoms with Crippen molar-refractivity contribution in [1.82, 2.24) is 0 Å². The predicted octanol–water partition coefficient (Wildman–Crippen LogP) is -8.19. The summed E-state index contributed by atoms with van der Waals surface area (Å²) >= 11 is 0. The first-order valence-electron chi connectivity index (χ1n) is 0.748. The molecule has 0 spiro atoms. The smallest absolute Gasteiger partial charge is 1.00 e. The Morgan fingerprint density at radius 2 is 1.38 bits per heavy atom. The molecule has 0 radical (unpaired) electrons. The standard InChI is InChI=1S/FH.Li.H3O4P.Zn/c;;1-5(2,3)4;/h1H;;(H3,1,2,3,4);/q;+1;;+2/p-3. The Bertz CT molecular complexity index is 62.2. The van der Waals surface area contributed by atoms with Gasteiger partial charge in [-0.15, -0.1) is 0 Å². The predicted molar refractivity (Wildman–Crippen MR) is 9.83 cm³/mol. The summed E-state index contributed by atoms with van der Waals surface area (Å²) in [5.74, 6) is 0. The molecule has 1 N–H and O–H groups in total. The zero-order chi connectivity index (χ0) is 4.50. The van der Waals surface area contributed by atoms with Crippen LogP contribution in [-0.4, -0.2) is 4.89 Å². The maximum atomic E-state index is 8.66. The molecule has 0 aromatic heterocycles. The van der Waals surface area contributed by atoms with E-state index in [-0.39, 0.29) is 43.0 Å². The van der Waals surface area contributed by atoms with E-state index in [1.54, 1.807) is 0 Å². The van der Waals surface area contributed by atoms with Crippen molar-refractivity contribution in [1.29, 1.82) is 0 Å². The molecular formula is HFLiO4PZn. The maximum Gasteiger partial charge on any atom is 2.00 e. The van der Waals surface area contributed by atoms with Gasteiger partial charge in [0.2, 0.25) is 0 Å². The SMILES string of the molecule is O=P([O-])([O-])O.[F-].[Li+].[Zn+2]. The van der Waals surface area contributed by atoms with Gasteiger partial charge in [-0.3, -0.25) is 0 Å². The molecule has 0 unspecified atom stereocenters. The van der Waals surface area contributed by atoms with Crippen molar-refractivity contribution in [2.75, 3.05) is 0 Å². The van der Waals surface area contributed by atoms with Crippen molar-refractivity contribution >= 4 is 7.82 Å². The average Bonchev–Trinajstić information content (AvgIpc) is 0.722. The zero-order valence-corrected chi connectivity index (χ0v) is 8.07. The third-order valence-electron chi connectivity index (χ3n) is 0. The summed E-state index contributed by atoms with van der Waals surface area (Å²) in [5.41, 5.74) is 0. The third kappa shape index (κ3) is 179. The van der Waals surface area contributed by atoms with Gasteiger partial charge >= 0.3 is 38.3 Å². The minimum Gasteiger partial charge on any atom is -1.00 e. The number of rotatable bonds is 0. The first kappa shape index (κ1) is 22.8. The van der Waals surface area contributed by atoms with E-state index in [2.05, 4.69) is 0 Å². The second-order valence-corrected chi connectivity index (χ2v) is 1.41. The van der Waals surface area contributed by atoms with Gasteiger partial charge in [-0.05, 0) is 0 Å². The summed E-state index contributed by atoms with van der Waals surface area (Å²) < 4.78 is 8.66. The topological polar surface area (TPSA) is 83.4 Å². The molecule has 0 bridgehead atoms. The minimum atomic E-state index is -5.14. The van der Waals surface area contributed by atoms with Gasteiger partial charge in [0.1, 0.15) is 0 Å². The molecule has 8 heteroatoms. The summed E-state index contributed by atoms with van der Waals surface area (Å²) in [6, 6.07) is 0. The van der Waals surface area contributed by atoms with E-state index in [0.29, 0.717) is 0 Å². The van der Waals surface area contributed by atoms with Crippen molar-refractivity contribution in [3.05, 3.63) is 0 Å². The summed E-state index contributed by atoms with van der Waals surface area (Å²) in [6.07, 6.45) is 0. The quantitative estimate of drug-likeness (QED) is 0.301. The maximum absolute atomic E-state index is 8.66. The van der Waals surface area contributed by atoms with Crippen LogP contribution < -0.4 is 33.4 Å². The molecular weight excluding hydrogens is 186 g/mol. The molecule has 40 valence electrons. The monoisotopic (exact) mass is 186 g/mol. The van der Waals surface area contributed by atoms with Gasteiger partial charge in [-0.2, -0.15) is 0 Å². The number of halogens is 1. The van der Waals surface area contributed by atoms with E-state index >= 15 is 0 Å². The first-order valence-corrected chi connectivity index (χ1v) is 2.24. The normalized spacial score (nSPS) is 7.38. The van der Waals surface area contributed by atoms with Crippen molar-refractivity contribution in [3.8, 4) is 0 Å². The fourth-order valence-corrected chi connectivity index (χ4v) is 0. The van der Waals surface area contributed by atoms with Crippen LogP contribution in [0.1, 0.15) is 0 Å². The van der Waals surface area contributed by atoms with Gasteiger partial charge in [-0.1, -0.05) is 0 Å². The van der Waals surface area contributed by atoms with Gasteiger partial charge in [-0.25, -0.2) is 0 Å². The van der Waals surface area contributed by atoms with Crippen LogP contribution in [0.15, 0.2) is 0 Å². The summed E-state index contributed by atoms with van der Waals surface area (Å²) in [4.78, 5) is 24.3. The Kier molecular flexibility index (Phi) is 23.6. The van der Waals surface area contributed by atoms with Crippen molar-refractivity contribution < 1.29 is 62.3 Å². The van der Waals surface area contributed by atoms with Crippen molar-refractivity contribution in [2.45, 2.75) is 0 Å². The number of hydrogen-bond acceptors (Lipinski definition) is 3. The van der Waals surface area contributed by atoms with Crippen LogP contribution in [-0.2, 0) is 24.0 Å². The summed E-state index contributed by atoms with van der Waals surface area (Å²) in [6.45, 7) is 0. The molecule has 0 amide bonds. The first-order chi connectivity index (χ1) is 2.00. The second-order valence-electron chi connectivity index (χ2n) is 0.469.